The van der Waals surface area contributed by atoms with Crippen molar-refractivity contribution in [3.63, 3.8) is 0 Å². The van der Waals surface area contributed by atoms with Crippen molar-refractivity contribution < 1.29 is 8.42 Å². The first-order valence-corrected chi connectivity index (χ1v) is 8.74. The number of halogens is 1. The van der Waals surface area contributed by atoms with Gasteiger partial charge in [-0.3, -0.25) is 0 Å². The van der Waals surface area contributed by atoms with Crippen molar-refractivity contribution in [1.29, 1.82) is 0 Å². The van der Waals surface area contributed by atoms with Crippen LogP contribution in [0.1, 0.15) is 44.6 Å². The van der Waals surface area contributed by atoms with Crippen LogP contribution in [-0.4, -0.2) is 21.0 Å². The summed E-state index contributed by atoms with van der Waals surface area (Å²) in [6.07, 6.45) is 2.93. The summed E-state index contributed by atoms with van der Waals surface area (Å²) >= 11 is 0. The van der Waals surface area contributed by atoms with Gasteiger partial charge in [0.2, 0.25) is 10.0 Å². The van der Waals surface area contributed by atoms with Gasteiger partial charge < -0.3 is 5.73 Å². The highest BCUT2D eigenvalue weighted by molar-refractivity contribution is 7.89. The van der Waals surface area contributed by atoms with Crippen LogP contribution in [0.2, 0.25) is 0 Å². The lowest BCUT2D eigenvalue weighted by molar-refractivity contribution is 0.453. The zero-order chi connectivity index (χ0) is 14.8. The van der Waals surface area contributed by atoms with E-state index < -0.39 is 10.0 Å². The predicted octanol–water partition coefficient (Wildman–Crippen LogP) is 2.64. The number of sulfonamides is 1. The summed E-state index contributed by atoms with van der Waals surface area (Å²) in [5, 5.41) is 0. The Labute approximate surface area is 134 Å². The molecular formula is C15H25ClN2O2S. The fourth-order valence-corrected chi connectivity index (χ4v) is 4.18. The maximum Gasteiger partial charge on any atom is 0.240 e. The molecule has 0 amide bonds. The van der Waals surface area contributed by atoms with Crippen molar-refractivity contribution >= 4 is 22.4 Å². The van der Waals surface area contributed by atoms with Crippen LogP contribution in [0.15, 0.2) is 29.2 Å². The molecule has 0 saturated heterocycles. The zero-order valence-corrected chi connectivity index (χ0v) is 14.2. The predicted molar refractivity (Wildman–Crippen MR) is 88.3 cm³/mol. The molecular weight excluding hydrogens is 308 g/mol. The molecule has 1 aliphatic rings. The average molecular weight is 333 g/mol. The van der Waals surface area contributed by atoms with Gasteiger partial charge in [0.15, 0.2) is 0 Å². The summed E-state index contributed by atoms with van der Waals surface area (Å²) in [5.41, 5.74) is 6.75. The lowest BCUT2D eigenvalue weighted by Crippen LogP contribution is -2.39. The van der Waals surface area contributed by atoms with Crippen molar-refractivity contribution in [2.45, 2.75) is 50.0 Å². The van der Waals surface area contributed by atoms with Crippen molar-refractivity contribution in [1.82, 2.24) is 4.72 Å². The Bertz CT molecular complexity index is 561. The van der Waals surface area contributed by atoms with E-state index in [4.69, 9.17) is 5.73 Å². The third kappa shape index (κ3) is 4.42. The SMILES string of the molecule is CC(C)c1cccc(S(=O)(=O)NC2CCCC2CN)c1.Cl. The van der Waals surface area contributed by atoms with Crippen LogP contribution in [0.4, 0.5) is 0 Å². The van der Waals surface area contributed by atoms with E-state index in [9.17, 15) is 8.42 Å². The standard InChI is InChI=1S/C15H24N2O2S.ClH/c1-11(2)12-5-3-7-14(9-12)20(18,19)17-15-8-4-6-13(15)10-16;/h3,5,7,9,11,13,15,17H,4,6,8,10,16H2,1-2H3;1H. The molecule has 0 radical (unpaired) electrons. The minimum absolute atomic E-state index is 0. The van der Waals surface area contributed by atoms with Gasteiger partial charge in [-0.2, -0.15) is 0 Å². The maximum atomic E-state index is 12.5. The Balaban J connectivity index is 0.00000220. The molecule has 0 bridgehead atoms. The Kier molecular flexibility index (Phi) is 6.66. The summed E-state index contributed by atoms with van der Waals surface area (Å²) in [5.74, 6) is 0.575. The lowest BCUT2D eigenvalue weighted by atomic mass is 10.0. The van der Waals surface area contributed by atoms with Crippen LogP contribution < -0.4 is 10.5 Å². The number of benzene rings is 1. The first-order chi connectivity index (χ1) is 9.44. The van der Waals surface area contributed by atoms with Crippen LogP contribution >= 0.6 is 12.4 Å². The first-order valence-electron chi connectivity index (χ1n) is 7.26. The van der Waals surface area contributed by atoms with Crippen molar-refractivity contribution in [2.75, 3.05) is 6.54 Å². The third-order valence-corrected chi connectivity index (χ3v) is 5.59. The van der Waals surface area contributed by atoms with E-state index >= 15 is 0 Å². The van der Waals surface area contributed by atoms with Gasteiger partial charge in [0.05, 0.1) is 4.90 Å². The molecule has 1 aliphatic carbocycles. The molecule has 6 heteroatoms. The van der Waals surface area contributed by atoms with Crippen LogP contribution in [0.3, 0.4) is 0 Å². The number of hydrogen-bond acceptors (Lipinski definition) is 3. The molecule has 0 spiro atoms. The fourth-order valence-electron chi connectivity index (χ4n) is 2.78. The summed E-state index contributed by atoms with van der Waals surface area (Å²) in [4.78, 5) is 0.353. The molecule has 0 heterocycles. The number of rotatable bonds is 5. The van der Waals surface area contributed by atoms with Crippen LogP contribution in [-0.2, 0) is 10.0 Å². The van der Waals surface area contributed by atoms with E-state index in [1.54, 1.807) is 18.2 Å². The van der Waals surface area contributed by atoms with Gasteiger partial charge in [0.1, 0.15) is 0 Å². The number of nitrogens with two attached hydrogens (primary N) is 1. The molecule has 1 aromatic rings. The summed E-state index contributed by atoms with van der Waals surface area (Å²) in [6.45, 7) is 4.65. The van der Waals surface area contributed by atoms with E-state index in [2.05, 4.69) is 18.6 Å². The average Bonchev–Trinajstić information content (AvgIpc) is 2.85. The normalized spacial score (nSPS) is 22.3. The Morgan fingerprint density at radius 3 is 2.67 bits per heavy atom. The molecule has 1 saturated carbocycles. The van der Waals surface area contributed by atoms with E-state index in [1.165, 1.54) is 0 Å². The van der Waals surface area contributed by atoms with Crippen molar-refractivity contribution in [3.8, 4) is 0 Å². The molecule has 4 nitrogen and oxygen atoms in total. The van der Waals surface area contributed by atoms with Crippen LogP contribution in [0.5, 0.6) is 0 Å². The molecule has 0 aliphatic heterocycles. The Morgan fingerprint density at radius 1 is 1.33 bits per heavy atom. The highest BCUT2D eigenvalue weighted by Crippen LogP contribution is 2.26. The topological polar surface area (TPSA) is 72.2 Å². The quantitative estimate of drug-likeness (QED) is 0.870. The molecule has 21 heavy (non-hydrogen) atoms. The molecule has 3 N–H and O–H groups in total. The van der Waals surface area contributed by atoms with Gasteiger partial charge in [-0.05, 0) is 48.9 Å². The Hall–Kier alpha value is -0.620. The van der Waals surface area contributed by atoms with Crippen LogP contribution in [0.25, 0.3) is 0 Å². The second kappa shape index (κ2) is 7.58. The minimum Gasteiger partial charge on any atom is -0.330 e. The second-order valence-electron chi connectivity index (χ2n) is 5.88. The minimum atomic E-state index is -3.45. The van der Waals surface area contributed by atoms with Crippen LogP contribution in [0, 0.1) is 5.92 Å². The van der Waals surface area contributed by atoms with Gasteiger partial charge in [-0.1, -0.05) is 32.4 Å². The van der Waals surface area contributed by atoms with Crippen molar-refractivity contribution in [3.05, 3.63) is 29.8 Å². The molecule has 1 fully saturated rings. The summed E-state index contributed by atoms with van der Waals surface area (Å²) in [7, 11) is -3.45. The van der Waals surface area contributed by atoms with Gasteiger partial charge in [0.25, 0.3) is 0 Å². The second-order valence-corrected chi connectivity index (χ2v) is 7.60. The fraction of sp³-hybridized carbons (Fsp3) is 0.600. The van der Waals surface area contributed by atoms with E-state index in [1.807, 2.05) is 6.07 Å². The van der Waals surface area contributed by atoms with Crippen molar-refractivity contribution in [2.24, 2.45) is 11.7 Å². The first kappa shape index (κ1) is 18.4. The largest absolute Gasteiger partial charge is 0.330 e. The number of nitrogens with one attached hydrogen (secondary N) is 1. The monoisotopic (exact) mass is 332 g/mol. The third-order valence-electron chi connectivity index (χ3n) is 4.10. The van der Waals surface area contributed by atoms with E-state index in [-0.39, 0.29) is 24.4 Å². The molecule has 2 atom stereocenters. The maximum absolute atomic E-state index is 12.5. The molecule has 2 rings (SSSR count). The van der Waals surface area contributed by atoms with E-state index in [0.29, 0.717) is 17.4 Å². The highest BCUT2D eigenvalue weighted by Gasteiger charge is 2.30. The molecule has 120 valence electrons. The smallest absolute Gasteiger partial charge is 0.240 e. The zero-order valence-electron chi connectivity index (χ0n) is 12.6. The van der Waals surface area contributed by atoms with Gasteiger partial charge >= 0.3 is 0 Å². The Morgan fingerprint density at radius 2 is 2.05 bits per heavy atom. The molecule has 2 unspecified atom stereocenters. The highest BCUT2D eigenvalue weighted by atomic mass is 35.5. The van der Waals surface area contributed by atoms with Gasteiger partial charge in [-0.25, -0.2) is 13.1 Å². The molecule has 1 aromatic carbocycles. The lowest BCUT2D eigenvalue weighted by Gasteiger charge is -2.19. The van der Waals surface area contributed by atoms with E-state index in [0.717, 1.165) is 24.8 Å². The summed E-state index contributed by atoms with van der Waals surface area (Å²) < 4.78 is 27.8. The van der Waals surface area contributed by atoms with Gasteiger partial charge in [0, 0.05) is 6.04 Å². The van der Waals surface area contributed by atoms with Gasteiger partial charge in [-0.15, -0.1) is 12.4 Å². The number of hydrogen-bond donors (Lipinski definition) is 2. The summed E-state index contributed by atoms with van der Waals surface area (Å²) in [6, 6.07) is 7.16. The molecule has 0 aromatic heterocycles.